The summed E-state index contributed by atoms with van der Waals surface area (Å²) in [7, 11) is -7.11. The lowest BCUT2D eigenvalue weighted by molar-refractivity contribution is -0.125. The highest BCUT2D eigenvalue weighted by atomic mass is 35.5. The van der Waals surface area contributed by atoms with Crippen LogP contribution in [0.3, 0.4) is 0 Å². The van der Waals surface area contributed by atoms with Crippen LogP contribution in [0.25, 0.3) is 0 Å². The average Bonchev–Trinajstić information content (AvgIpc) is 2.68. The van der Waals surface area contributed by atoms with Crippen LogP contribution in [0.15, 0.2) is 110 Å². The van der Waals surface area contributed by atoms with Crippen molar-refractivity contribution in [1.29, 1.82) is 0 Å². The number of nitrogens with zero attached hydrogens (tertiary/aromatic N) is 6. The minimum Gasteiger partial charge on any atom is -0.354 e. The van der Waals surface area contributed by atoms with Crippen LogP contribution in [0, 0.1) is 13.8 Å². The Kier molecular flexibility index (Phi) is 19.2. The quantitative estimate of drug-likeness (QED) is 0.0720. The maximum absolute atomic E-state index is 14.3. The molecule has 18 nitrogen and oxygen atoms in total. The number of carbonyl (C=O) groups is 4. The molecule has 0 unspecified atom stereocenters. The van der Waals surface area contributed by atoms with E-state index in [2.05, 4.69) is 30.3 Å². The largest absolute Gasteiger partial charge is 0.354 e. The molecule has 0 spiro atoms. The Hall–Kier alpha value is -5.84. The van der Waals surface area contributed by atoms with Gasteiger partial charge >= 0.3 is 0 Å². The fourth-order valence-corrected chi connectivity index (χ4v) is 14.9. The van der Waals surface area contributed by atoms with E-state index in [9.17, 15) is 36.0 Å². The zero-order valence-corrected chi connectivity index (χ0v) is 50.4. The molecule has 436 valence electrons. The molecule has 2 aromatic heterocycles. The van der Waals surface area contributed by atoms with Crippen molar-refractivity contribution in [1.82, 2.24) is 49.4 Å². The highest BCUT2D eigenvalue weighted by molar-refractivity contribution is 7.89. The molecule has 4 N–H and O–H groups in total. The van der Waals surface area contributed by atoms with Crippen LogP contribution in [-0.2, 0) is 42.7 Å². The van der Waals surface area contributed by atoms with Gasteiger partial charge in [-0.25, -0.2) is 26.3 Å². The summed E-state index contributed by atoms with van der Waals surface area (Å²) in [6.07, 6.45) is 13.3. The SMILES string of the molecule is Cc1ccn(CCNC(=O)[C@@H]2c3ccccc3C(=O)N([C@H]3CCCC[C@@H]3NS(C)(=O)=O)[C@H]2c2ccc(Cl)cc2Cl)n1.Cc1cnn(CCNC(=O)[C@@H]2c3ccccc3C(=O)N([C@H]3CCCC[C@@H]3NS(C)(=O)=O)[C@H]2c2ccc(Cl)cc2Cl)c1. The van der Waals surface area contributed by atoms with Gasteiger partial charge in [0.2, 0.25) is 31.9 Å². The monoisotopic (exact) mass is 1230 g/mol. The van der Waals surface area contributed by atoms with E-state index in [0.717, 1.165) is 49.5 Å². The Balaban J connectivity index is 0.000000198. The summed E-state index contributed by atoms with van der Waals surface area (Å²) in [6.45, 7) is 5.46. The van der Waals surface area contributed by atoms with Crippen molar-refractivity contribution in [3.63, 3.8) is 0 Å². The molecule has 4 amide bonds. The van der Waals surface area contributed by atoms with Crippen molar-refractivity contribution in [2.75, 3.05) is 25.6 Å². The lowest BCUT2D eigenvalue weighted by Crippen LogP contribution is -2.59. The van der Waals surface area contributed by atoms with Crippen LogP contribution >= 0.6 is 46.4 Å². The number of fused-ring (bicyclic) bond motifs is 2. The minimum absolute atomic E-state index is 0.264. The van der Waals surface area contributed by atoms with Crippen LogP contribution in [-0.4, -0.2) is 120 Å². The van der Waals surface area contributed by atoms with Gasteiger partial charge in [-0.15, -0.1) is 0 Å². The molecule has 0 saturated heterocycles. The highest BCUT2D eigenvalue weighted by Gasteiger charge is 2.51. The Morgan fingerprint density at radius 1 is 0.585 bits per heavy atom. The molecular formula is C58H66Cl4N10O8S2. The fourth-order valence-electron chi connectivity index (χ4n) is 12.2. The summed E-state index contributed by atoms with van der Waals surface area (Å²) in [6, 6.07) is 22.6. The van der Waals surface area contributed by atoms with E-state index in [-0.39, 0.29) is 23.6 Å². The van der Waals surface area contributed by atoms with Crippen molar-refractivity contribution in [3.05, 3.63) is 174 Å². The fraction of sp³-hybridized carbons (Fsp3) is 0.414. The second kappa shape index (κ2) is 26.0. The Bertz CT molecular complexity index is 3350. The van der Waals surface area contributed by atoms with Crippen LogP contribution in [0.1, 0.15) is 130 Å². The number of amides is 4. The number of aryl methyl sites for hydroxylation is 2. The van der Waals surface area contributed by atoms with Gasteiger partial charge in [0.1, 0.15) is 0 Å². The maximum Gasteiger partial charge on any atom is 0.255 e. The van der Waals surface area contributed by atoms with Gasteiger partial charge in [0, 0.05) is 80.9 Å². The summed E-state index contributed by atoms with van der Waals surface area (Å²) in [4.78, 5) is 60.2. The molecule has 82 heavy (non-hydrogen) atoms. The number of benzene rings is 4. The lowest BCUT2D eigenvalue weighted by atomic mass is 9.76. The molecule has 4 heterocycles. The summed E-state index contributed by atoms with van der Waals surface area (Å²) in [5, 5.41) is 16.3. The van der Waals surface area contributed by atoms with Crippen LogP contribution < -0.4 is 20.1 Å². The predicted molar refractivity (Wildman–Crippen MR) is 317 cm³/mol. The van der Waals surface area contributed by atoms with Gasteiger partial charge in [0.15, 0.2) is 0 Å². The minimum atomic E-state index is -3.55. The third-order valence-corrected chi connectivity index (χ3v) is 18.2. The summed E-state index contributed by atoms with van der Waals surface area (Å²) in [5.41, 5.74) is 5.08. The highest BCUT2D eigenvalue weighted by Crippen LogP contribution is 2.50. The van der Waals surface area contributed by atoms with E-state index in [1.807, 2.05) is 44.4 Å². The number of aromatic nitrogens is 4. The van der Waals surface area contributed by atoms with Crippen molar-refractivity contribution < 1.29 is 36.0 Å². The standard InChI is InChI=1S/2C29H33Cl2N5O4S/c1-18-13-15-35(33-18)16-14-32-28(37)26-20-7-3-4-8-21(20)29(38)36(27(26)22-12-11-19(30)17-23(22)31)25-10-6-5-9-24(25)34-41(2,39)40;1-18-16-33-35(17-18)14-13-32-28(37)26-20-7-3-4-8-21(20)29(38)36(27(26)22-12-11-19(30)15-23(22)31)25-10-6-5-9-24(25)34-41(2,39)40/h3-4,7-8,11-13,15,17,24-27,34H,5-6,9-10,14,16H2,1-2H3,(H,32,37);3-4,7-8,11-12,15-17,24-27,34H,5-6,9-10,13-14H2,1-2H3,(H,32,37)/t2*24-,25-,26+,27-/m00/s1. The molecular weight excluding hydrogens is 1170 g/mol. The molecule has 8 atom stereocenters. The summed E-state index contributed by atoms with van der Waals surface area (Å²) >= 11 is 26.0. The van der Waals surface area contributed by atoms with Crippen molar-refractivity contribution in [3.8, 4) is 0 Å². The first-order chi connectivity index (χ1) is 39.1. The normalized spacial score (nSPS) is 22.8. The first-order valence-corrected chi connectivity index (χ1v) is 32.6. The zero-order chi connectivity index (χ0) is 58.6. The van der Waals surface area contributed by atoms with E-state index < -0.39 is 68.1 Å². The van der Waals surface area contributed by atoms with Crippen molar-refractivity contribution in [2.45, 2.75) is 126 Å². The maximum atomic E-state index is 14.3. The molecule has 2 aliphatic heterocycles. The molecule has 0 radical (unpaired) electrons. The average molecular weight is 1240 g/mol. The van der Waals surface area contributed by atoms with E-state index in [4.69, 9.17) is 46.4 Å². The third-order valence-electron chi connectivity index (χ3n) is 15.6. The molecule has 4 aliphatic rings. The van der Waals surface area contributed by atoms with Crippen LogP contribution in [0.4, 0.5) is 0 Å². The van der Waals surface area contributed by atoms with Gasteiger partial charge in [-0.3, -0.25) is 28.5 Å². The second-order valence-electron chi connectivity index (χ2n) is 21.6. The lowest BCUT2D eigenvalue weighted by Gasteiger charge is -2.49. The summed E-state index contributed by atoms with van der Waals surface area (Å²) < 4.78 is 58.4. The number of hydrogen-bond donors (Lipinski definition) is 4. The molecule has 2 fully saturated rings. The number of sulfonamides is 2. The molecule has 4 aromatic carbocycles. The molecule has 0 bridgehead atoms. The number of hydrogen-bond acceptors (Lipinski definition) is 10. The number of halogens is 4. The van der Waals surface area contributed by atoms with Crippen molar-refractivity contribution >= 4 is 90.1 Å². The smallest absolute Gasteiger partial charge is 0.255 e. The van der Waals surface area contributed by atoms with Gasteiger partial charge < -0.3 is 20.4 Å². The molecule has 24 heteroatoms. The zero-order valence-electron chi connectivity index (χ0n) is 45.8. The molecule has 10 rings (SSSR count). The van der Waals surface area contributed by atoms with E-state index in [1.54, 1.807) is 98.2 Å². The Labute approximate surface area is 498 Å². The number of rotatable bonds is 16. The molecule has 2 saturated carbocycles. The number of carbonyl (C=O) groups excluding carboxylic acids is 4. The van der Waals surface area contributed by atoms with Crippen LogP contribution in [0.2, 0.25) is 20.1 Å². The topological polar surface area (TPSA) is 227 Å². The molecule has 6 aromatic rings. The second-order valence-corrected chi connectivity index (χ2v) is 26.8. The summed E-state index contributed by atoms with van der Waals surface area (Å²) in [5.74, 6) is -2.66. The Morgan fingerprint density at radius 3 is 1.43 bits per heavy atom. The van der Waals surface area contributed by atoms with Crippen molar-refractivity contribution in [2.24, 2.45) is 0 Å². The van der Waals surface area contributed by atoms with E-state index >= 15 is 0 Å². The van der Waals surface area contributed by atoms with E-state index in [0.29, 0.717) is 105 Å². The Morgan fingerprint density at radius 2 is 1.02 bits per heavy atom. The van der Waals surface area contributed by atoms with Gasteiger partial charge in [0.05, 0.1) is 61.4 Å². The molecule has 2 aliphatic carbocycles. The first-order valence-electron chi connectivity index (χ1n) is 27.3. The third kappa shape index (κ3) is 14.0. The van der Waals surface area contributed by atoms with Gasteiger partial charge in [-0.05, 0) is 110 Å². The van der Waals surface area contributed by atoms with Gasteiger partial charge in [-0.2, -0.15) is 10.2 Å². The first kappa shape index (κ1) is 60.7. The predicted octanol–water partition coefficient (Wildman–Crippen LogP) is 8.91. The van der Waals surface area contributed by atoms with Crippen LogP contribution in [0.5, 0.6) is 0 Å². The number of nitrogens with one attached hydrogen (secondary N) is 4. The van der Waals surface area contributed by atoms with Gasteiger partial charge in [-0.1, -0.05) is 121 Å². The van der Waals surface area contributed by atoms with E-state index in [1.165, 1.54) is 0 Å². The van der Waals surface area contributed by atoms with Gasteiger partial charge in [0.25, 0.3) is 11.8 Å².